The molecule has 6 heteroatoms. The molecule has 4 rings (SSSR count). The molecule has 0 bridgehead atoms. The van der Waals surface area contributed by atoms with E-state index in [1.54, 1.807) is 46.6 Å². The molecule has 152 valence electrons. The van der Waals surface area contributed by atoms with Crippen LogP contribution in [0.1, 0.15) is 15.2 Å². The minimum atomic E-state index is -0.271. The molecule has 2 heterocycles. The molecule has 1 fully saturated rings. The summed E-state index contributed by atoms with van der Waals surface area (Å²) >= 11 is 1.62. The van der Waals surface area contributed by atoms with Gasteiger partial charge in [-0.15, -0.1) is 11.3 Å². The van der Waals surface area contributed by atoms with Crippen LogP contribution >= 0.6 is 11.3 Å². The summed E-state index contributed by atoms with van der Waals surface area (Å²) in [6.45, 7) is 2.19. The predicted molar refractivity (Wildman–Crippen MR) is 121 cm³/mol. The zero-order valence-corrected chi connectivity index (χ0v) is 17.2. The van der Waals surface area contributed by atoms with Crippen molar-refractivity contribution in [1.82, 2.24) is 4.90 Å². The number of rotatable bonds is 5. The number of nitrogens with zero attached hydrogens (tertiary/aromatic N) is 1. The maximum Gasteiger partial charge on any atom is 0.256 e. The molecular formula is C24H22N2O3S. The number of thiophene rings is 1. The summed E-state index contributed by atoms with van der Waals surface area (Å²) in [7, 11) is 0. The molecule has 1 aliphatic rings. The van der Waals surface area contributed by atoms with E-state index in [9.17, 15) is 9.59 Å². The lowest BCUT2D eigenvalue weighted by Gasteiger charge is -2.27. The number of amides is 2. The molecule has 0 saturated carbocycles. The number of para-hydroxylation sites is 1. The Bertz CT molecular complexity index is 1050. The van der Waals surface area contributed by atoms with E-state index in [-0.39, 0.29) is 11.8 Å². The lowest BCUT2D eigenvalue weighted by atomic mass is 10.1. The first-order valence-corrected chi connectivity index (χ1v) is 10.6. The molecule has 5 nitrogen and oxygen atoms in total. The summed E-state index contributed by atoms with van der Waals surface area (Å²) in [5.74, 6) is -0.365. The number of hydrogen-bond donors (Lipinski definition) is 1. The molecule has 3 aromatic rings. The van der Waals surface area contributed by atoms with Crippen LogP contribution in [0.25, 0.3) is 16.5 Å². The van der Waals surface area contributed by atoms with E-state index in [4.69, 9.17) is 4.74 Å². The summed E-state index contributed by atoms with van der Waals surface area (Å²) < 4.78 is 5.31. The Balaban J connectivity index is 1.43. The number of morpholine rings is 1. The van der Waals surface area contributed by atoms with Crippen molar-refractivity contribution in [2.24, 2.45) is 0 Å². The number of carbonyl (C=O) groups excluding carboxylic acids is 2. The largest absolute Gasteiger partial charge is 0.378 e. The van der Waals surface area contributed by atoms with E-state index in [0.717, 1.165) is 15.3 Å². The van der Waals surface area contributed by atoms with E-state index in [1.807, 2.05) is 30.3 Å². The van der Waals surface area contributed by atoms with Gasteiger partial charge in [0, 0.05) is 28.9 Å². The predicted octanol–water partition coefficient (Wildman–Crippen LogP) is 4.54. The van der Waals surface area contributed by atoms with Crippen LogP contribution in [0, 0.1) is 0 Å². The van der Waals surface area contributed by atoms with Crippen LogP contribution in [0.3, 0.4) is 0 Å². The Labute approximate surface area is 179 Å². The highest BCUT2D eigenvalue weighted by molar-refractivity contribution is 7.16. The number of carbonyl (C=O) groups is 2. The Kier molecular flexibility index (Phi) is 6.37. The fraction of sp³-hybridized carbons (Fsp3) is 0.167. The van der Waals surface area contributed by atoms with Crippen LogP contribution < -0.4 is 5.32 Å². The van der Waals surface area contributed by atoms with Crippen LogP contribution in [0.5, 0.6) is 0 Å². The highest BCUT2D eigenvalue weighted by Crippen LogP contribution is 2.28. The number of anilines is 1. The van der Waals surface area contributed by atoms with Gasteiger partial charge in [-0.2, -0.15) is 0 Å². The maximum absolute atomic E-state index is 12.8. The van der Waals surface area contributed by atoms with E-state index in [1.165, 1.54) is 6.08 Å². The third kappa shape index (κ3) is 4.84. The Morgan fingerprint density at radius 1 is 0.933 bits per heavy atom. The summed E-state index contributed by atoms with van der Waals surface area (Å²) in [6, 6.07) is 21.3. The lowest BCUT2D eigenvalue weighted by Crippen LogP contribution is -2.41. The number of nitrogens with one attached hydrogen (secondary N) is 1. The van der Waals surface area contributed by atoms with Crippen LogP contribution in [0.2, 0.25) is 0 Å². The summed E-state index contributed by atoms with van der Waals surface area (Å²) in [4.78, 5) is 29.2. The first-order valence-electron chi connectivity index (χ1n) is 9.81. The van der Waals surface area contributed by atoms with Gasteiger partial charge >= 0.3 is 0 Å². The molecule has 0 unspecified atom stereocenters. The minimum Gasteiger partial charge on any atom is -0.378 e. The van der Waals surface area contributed by atoms with E-state index < -0.39 is 0 Å². The number of ether oxygens (including phenoxy) is 1. The molecule has 1 aromatic heterocycles. The van der Waals surface area contributed by atoms with Crippen molar-refractivity contribution in [1.29, 1.82) is 0 Å². The fourth-order valence-electron chi connectivity index (χ4n) is 3.25. The van der Waals surface area contributed by atoms with Gasteiger partial charge in [0.2, 0.25) is 5.91 Å². The van der Waals surface area contributed by atoms with Crippen molar-refractivity contribution < 1.29 is 14.3 Å². The third-order valence-corrected chi connectivity index (χ3v) is 5.90. The first kappa shape index (κ1) is 20.1. The third-order valence-electron chi connectivity index (χ3n) is 4.80. The Hall–Kier alpha value is -3.22. The highest BCUT2D eigenvalue weighted by Gasteiger charge is 2.21. The van der Waals surface area contributed by atoms with Gasteiger partial charge in [-0.1, -0.05) is 42.5 Å². The van der Waals surface area contributed by atoms with Crippen molar-refractivity contribution in [3.8, 4) is 10.4 Å². The van der Waals surface area contributed by atoms with Gasteiger partial charge in [0.05, 0.1) is 24.5 Å². The maximum atomic E-state index is 12.8. The lowest BCUT2D eigenvalue weighted by molar-refractivity contribution is -0.111. The van der Waals surface area contributed by atoms with Gasteiger partial charge in [0.25, 0.3) is 5.91 Å². The molecule has 1 saturated heterocycles. The second kappa shape index (κ2) is 9.52. The van der Waals surface area contributed by atoms with Gasteiger partial charge in [0.1, 0.15) is 0 Å². The normalized spacial score (nSPS) is 14.1. The SMILES string of the molecule is O=C(/C=C/c1ccc(-c2ccccc2)s1)Nc1ccccc1C(=O)N1CCOCC1. The molecule has 0 aliphatic carbocycles. The second-order valence-corrected chi connectivity index (χ2v) is 7.96. The monoisotopic (exact) mass is 418 g/mol. The molecule has 30 heavy (non-hydrogen) atoms. The zero-order valence-electron chi connectivity index (χ0n) is 16.4. The Morgan fingerprint density at radius 3 is 2.47 bits per heavy atom. The minimum absolute atomic E-state index is 0.0936. The molecule has 0 spiro atoms. The molecule has 0 radical (unpaired) electrons. The van der Waals surface area contributed by atoms with Crippen LogP contribution in [-0.4, -0.2) is 43.0 Å². The molecule has 0 atom stereocenters. The summed E-state index contributed by atoms with van der Waals surface area (Å²) in [6.07, 6.45) is 3.29. The van der Waals surface area contributed by atoms with Crippen molar-refractivity contribution >= 4 is 34.9 Å². The summed E-state index contributed by atoms with van der Waals surface area (Å²) in [5, 5.41) is 2.84. The number of hydrogen-bond acceptors (Lipinski definition) is 4. The fourth-order valence-corrected chi connectivity index (χ4v) is 4.16. The van der Waals surface area contributed by atoms with E-state index in [0.29, 0.717) is 37.6 Å². The molecule has 2 amide bonds. The first-order chi connectivity index (χ1) is 14.7. The topological polar surface area (TPSA) is 58.6 Å². The number of benzene rings is 2. The average molecular weight is 419 g/mol. The Morgan fingerprint density at radius 2 is 1.67 bits per heavy atom. The van der Waals surface area contributed by atoms with Crippen LogP contribution in [0.4, 0.5) is 5.69 Å². The van der Waals surface area contributed by atoms with Crippen LogP contribution in [0.15, 0.2) is 72.8 Å². The highest BCUT2D eigenvalue weighted by atomic mass is 32.1. The standard InChI is InChI=1S/C24H22N2O3S/c27-23(13-11-19-10-12-22(30-19)18-6-2-1-3-7-18)25-21-9-5-4-8-20(21)24(28)26-14-16-29-17-15-26/h1-13H,14-17H2,(H,25,27)/b13-11+. The molecule has 1 aliphatic heterocycles. The van der Waals surface area contributed by atoms with Gasteiger partial charge in [0.15, 0.2) is 0 Å². The van der Waals surface area contributed by atoms with Crippen molar-refractivity contribution in [2.45, 2.75) is 0 Å². The van der Waals surface area contributed by atoms with Gasteiger partial charge < -0.3 is 15.0 Å². The average Bonchev–Trinajstić information content (AvgIpc) is 3.28. The van der Waals surface area contributed by atoms with Crippen molar-refractivity contribution in [3.05, 3.63) is 83.2 Å². The molecule has 1 N–H and O–H groups in total. The second-order valence-electron chi connectivity index (χ2n) is 6.84. The van der Waals surface area contributed by atoms with Crippen molar-refractivity contribution in [2.75, 3.05) is 31.6 Å². The van der Waals surface area contributed by atoms with Crippen molar-refractivity contribution in [3.63, 3.8) is 0 Å². The van der Waals surface area contributed by atoms with Gasteiger partial charge in [-0.05, 0) is 35.9 Å². The summed E-state index contributed by atoms with van der Waals surface area (Å²) in [5.41, 5.74) is 2.16. The zero-order chi connectivity index (χ0) is 20.8. The van der Waals surface area contributed by atoms with E-state index >= 15 is 0 Å². The quantitative estimate of drug-likeness (QED) is 0.619. The van der Waals surface area contributed by atoms with Gasteiger partial charge in [-0.3, -0.25) is 9.59 Å². The van der Waals surface area contributed by atoms with Gasteiger partial charge in [-0.25, -0.2) is 0 Å². The molecular weight excluding hydrogens is 396 g/mol. The smallest absolute Gasteiger partial charge is 0.256 e. The van der Waals surface area contributed by atoms with Crippen LogP contribution in [-0.2, 0) is 9.53 Å². The van der Waals surface area contributed by atoms with E-state index in [2.05, 4.69) is 17.4 Å². The molecule has 2 aromatic carbocycles.